The normalized spacial score (nSPS) is 21.1. The summed E-state index contributed by atoms with van der Waals surface area (Å²) in [5.41, 5.74) is -0.811. The Bertz CT molecular complexity index is 230. The van der Waals surface area contributed by atoms with Gasteiger partial charge in [0.25, 0.3) is 0 Å². The second-order valence-corrected chi connectivity index (χ2v) is 5.22. The van der Waals surface area contributed by atoms with Crippen LogP contribution in [0.3, 0.4) is 0 Å². The molecule has 0 radical (unpaired) electrons. The fourth-order valence-corrected chi connectivity index (χ4v) is 2.11. The van der Waals surface area contributed by atoms with Gasteiger partial charge in [-0.05, 0) is 40.2 Å². The molecule has 1 heterocycles. The van der Waals surface area contributed by atoms with E-state index < -0.39 is 5.60 Å². The van der Waals surface area contributed by atoms with E-state index in [9.17, 15) is 9.90 Å². The molecule has 1 aliphatic heterocycles. The van der Waals surface area contributed by atoms with E-state index in [4.69, 9.17) is 0 Å². The van der Waals surface area contributed by atoms with Crippen LogP contribution in [0.15, 0.2) is 0 Å². The fourth-order valence-electron chi connectivity index (χ4n) is 2.11. The van der Waals surface area contributed by atoms with Crippen LogP contribution in [0.5, 0.6) is 0 Å². The number of likely N-dealkylation sites (N-methyl/N-ethyl adjacent to an activating group) is 1. The van der Waals surface area contributed by atoms with Crippen LogP contribution in [0.2, 0.25) is 0 Å². The van der Waals surface area contributed by atoms with Crippen LogP contribution >= 0.6 is 0 Å². The van der Waals surface area contributed by atoms with Crippen LogP contribution in [0.4, 0.5) is 0 Å². The summed E-state index contributed by atoms with van der Waals surface area (Å²) in [7, 11) is 0. The molecule has 0 aromatic heterocycles. The van der Waals surface area contributed by atoms with Gasteiger partial charge < -0.3 is 15.3 Å². The third kappa shape index (κ3) is 4.49. The first-order chi connectivity index (χ1) is 7.42. The van der Waals surface area contributed by atoms with E-state index in [1.54, 1.807) is 18.7 Å². The summed E-state index contributed by atoms with van der Waals surface area (Å²) in [6, 6.07) is 0.336. The zero-order valence-electron chi connectivity index (χ0n) is 10.6. The van der Waals surface area contributed by atoms with Gasteiger partial charge in [0.2, 0.25) is 5.91 Å². The number of aliphatic hydroxyl groups is 1. The maximum Gasteiger partial charge on any atom is 0.224 e. The molecule has 4 nitrogen and oxygen atoms in total. The van der Waals surface area contributed by atoms with Gasteiger partial charge >= 0.3 is 0 Å². The molecule has 1 aliphatic rings. The van der Waals surface area contributed by atoms with Gasteiger partial charge in [-0.25, -0.2) is 0 Å². The van der Waals surface area contributed by atoms with Crippen LogP contribution < -0.4 is 5.32 Å². The highest BCUT2D eigenvalue weighted by molar-refractivity contribution is 5.76. The Balaban J connectivity index is 2.42. The summed E-state index contributed by atoms with van der Waals surface area (Å²) in [4.78, 5) is 13.7. The fraction of sp³-hybridized carbons (Fsp3) is 0.917. The second-order valence-electron chi connectivity index (χ2n) is 5.22. The summed E-state index contributed by atoms with van der Waals surface area (Å²) >= 11 is 0. The summed E-state index contributed by atoms with van der Waals surface area (Å²) in [5, 5.41) is 13.0. The minimum Gasteiger partial charge on any atom is -0.389 e. The number of nitrogens with one attached hydrogen (secondary N) is 1. The molecule has 0 aliphatic carbocycles. The van der Waals surface area contributed by atoms with Gasteiger partial charge in [0.05, 0.1) is 5.60 Å². The number of nitrogens with zero attached hydrogens (tertiary/aromatic N) is 1. The summed E-state index contributed by atoms with van der Waals surface area (Å²) in [5.74, 6) is 0.143. The Kier molecular flexibility index (Phi) is 4.74. The highest BCUT2D eigenvalue weighted by Gasteiger charge is 2.24. The topological polar surface area (TPSA) is 52.6 Å². The van der Waals surface area contributed by atoms with Gasteiger partial charge in [0.1, 0.15) is 0 Å². The van der Waals surface area contributed by atoms with Crippen molar-refractivity contribution in [2.24, 2.45) is 0 Å². The van der Waals surface area contributed by atoms with Gasteiger partial charge in [-0.2, -0.15) is 0 Å². The molecule has 0 bridgehead atoms. The molecule has 1 atom stereocenters. The molecular formula is C12H24N2O2. The Labute approximate surface area is 98.0 Å². The molecule has 4 heteroatoms. The van der Waals surface area contributed by atoms with Crippen LogP contribution in [-0.2, 0) is 4.79 Å². The molecule has 2 N–H and O–H groups in total. The molecule has 1 rings (SSSR count). The zero-order valence-corrected chi connectivity index (χ0v) is 10.6. The number of amides is 1. The Morgan fingerprint density at radius 3 is 2.69 bits per heavy atom. The third-order valence-electron chi connectivity index (χ3n) is 2.90. The lowest BCUT2D eigenvalue weighted by Gasteiger charge is -2.29. The molecule has 0 saturated carbocycles. The van der Waals surface area contributed by atoms with E-state index in [1.165, 1.54) is 0 Å². The minimum atomic E-state index is -0.811. The number of hydrogen-bond acceptors (Lipinski definition) is 3. The monoisotopic (exact) mass is 228 g/mol. The molecule has 0 aromatic carbocycles. The van der Waals surface area contributed by atoms with E-state index >= 15 is 0 Å². The van der Waals surface area contributed by atoms with Crippen LogP contribution in [0.1, 0.15) is 40.0 Å². The molecule has 1 amide bonds. The number of rotatable bonds is 5. The standard InChI is InChI=1S/C12H24N2O2/c1-4-14(9-12(2,3)16)11(15)8-10-6-5-7-13-10/h10,13,16H,4-9H2,1-3H3. The van der Waals surface area contributed by atoms with Crippen molar-refractivity contribution in [1.29, 1.82) is 0 Å². The van der Waals surface area contributed by atoms with Crippen molar-refractivity contribution < 1.29 is 9.90 Å². The maximum absolute atomic E-state index is 12.0. The van der Waals surface area contributed by atoms with Crippen molar-refractivity contribution in [3.63, 3.8) is 0 Å². The second kappa shape index (κ2) is 5.64. The first-order valence-electron chi connectivity index (χ1n) is 6.16. The largest absolute Gasteiger partial charge is 0.389 e. The summed E-state index contributed by atoms with van der Waals surface area (Å²) in [6.07, 6.45) is 2.81. The molecule has 1 saturated heterocycles. The van der Waals surface area contributed by atoms with Gasteiger partial charge in [0, 0.05) is 25.6 Å². The van der Waals surface area contributed by atoms with Crippen molar-refractivity contribution in [3.8, 4) is 0 Å². The number of carbonyl (C=O) groups is 1. The summed E-state index contributed by atoms with van der Waals surface area (Å²) in [6.45, 7) is 7.51. The molecule has 1 fully saturated rings. The molecule has 0 aromatic rings. The first kappa shape index (κ1) is 13.5. The predicted molar refractivity (Wildman–Crippen MR) is 64.2 cm³/mol. The Morgan fingerprint density at radius 1 is 1.56 bits per heavy atom. The molecule has 94 valence electrons. The van der Waals surface area contributed by atoms with Gasteiger partial charge in [-0.1, -0.05) is 0 Å². The van der Waals surface area contributed by atoms with Gasteiger partial charge in [-0.15, -0.1) is 0 Å². The zero-order chi connectivity index (χ0) is 12.2. The minimum absolute atomic E-state index is 0.143. The summed E-state index contributed by atoms with van der Waals surface area (Å²) < 4.78 is 0. The Hall–Kier alpha value is -0.610. The molecule has 0 spiro atoms. The van der Waals surface area contributed by atoms with Crippen molar-refractivity contribution in [3.05, 3.63) is 0 Å². The lowest BCUT2D eigenvalue weighted by atomic mass is 10.1. The average Bonchev–Trinajstić information content (AvgIpc) is 2.65. The van der Waals surface area contributed by atoms with Crippen molar-refractivity contribution in [2.45, 2.75) is 51.7 Å². The lowest BCUT2D eigenvalue weighted by Crippen LogP contribution is -2.43. The highest BCUT2D eigenvalue weighted by Crippen LogP contribution is 2.12. The quantitative estimate of drug-likeness (QED) is 0.730. The van der Waals surface area contributed by atoms with Crippen molar-refractivity contribution in [2.75, 3.05) is 19.6 Å². The van der Waals surface area contributed by atoms with Gasteiger partial charge in [0.15, 0.2) is 0 Å². The van der Waals surface area contributed by atoms with Crippen LogP contribution in [0, 0.1) is 0 Å². The lowest BCUT2D eigenvalue weighted by molar-refractivity contribution is -0.134. The van der Waals surface area contributed by atoms with Crippen LogP contribution in [-0.4, -0.2) is 47.2 Å². The SMILES string of the molecule is CCN(CC(C)(C)O)C(=O)CC1CCCN1. The molecule has 16 heavy (non-hydrogen) atoms. The highest BCUT2D eigenvalue weighted by atomic mass is 16.3. The van der Waals surface area contributed by atoms with Crippen LogP contribution in [0.25, 0.3) is 0 Å². The first-order valence-corrected chi connectivity index (χ1v) is 6.16. The number of hydrogen-bond donors (Lipinski definition) is 2. The predicted octanol–water partition coefficient (Wildman–Crippen LogP) is 0.748. The third-order valence-corrected chi connectivity index (χ3v) is 2.90. The van der Waals surface area contributed by atoms with Gasteiger partial charge in [-0.3, -0.25) is 4.79 Å². The van der Waals surface area contributed by atoms with E-state index in [0.29, 0.717) is 25.6 Å². The Morgan fingerprint density at radius 2 is 2.25 bits per heavy atom. The molecular weight excluding hydrogens is 204 g/mol. The smallest absolute Gasteiger partial charge is 0.224 e. The van der Waals surface area contributed by atoms with Crippen molar-refractivity contribution >= 4 is 5.91 Å². The number of carbonyl (C=O) groups excluding carboxylic acids is 1. The molecule has 1 unspecified atom stereocenters. The van der Waals surface area contributed by atoms with Crippen molar-refractivity contribution in [1.82, 2.24) is 10.2 Å². The maximum atomic E-state index is 12.0. The van der Waals surface area contributed by atoms with E-state index in [2.05, 4.69) is 5.32 Å². The average molecular weight is 228 g/mol. The van der Waals surface area contributed by atoms with E-state index in [-0.39, 0.29) is 5.91 Å². The van der Waals surface area contributed by atoms with E-state index in [1.807, 2.05) is 6.92 Å². The van der Waals surface area contributed by atoms with E-state index in [0.717, 1.165) is 19.4 Å².